The van der Waals surface area contributed by atoms with E-state index < -0.39 is 35.8 Å². The predicted molar refractivity (Wildman–Crippen MR) is 136 cm³/mol. The van der Waals surface area contributed by atoms with Gasteiger partial charge in [0, 0.05) is 57.5 Å². The molecule has 0 radical (unpaired) electrons. The molecule has 0 atom stereocenters. The van der Waals surface area contributed by atoms with Gasteiger partial charge in [0.15, 0.2) is 0 Å². The highest BCUT2D eigenvalue weighted by atomic mass is 16.5. The van der Waals surface area contributed by atoms with Crippen LogP contribution in [0.2, 0.25) is 0 Å². The monoisotopic (exact) mass is 560 g/mol. The van der Waals surface area contributed by atoms with Crippen LogP contribution >= 0.6 is 0 Å². The highest BCUT2D eigenvalue weighted by Gasteiger charge is 2.20. The van der Waals surface area contributed by atoms with Crippen LogP contribution in [-0.2, 0) is 28.8 Å². The molecule has 0 bridgehead atoms. The first kappa shape index (κ1) is 36.8. The van der Waals surface area contributed by atoms with Gasteiger partial charge in [0.25, 0.3) is 0 Å². The fourth-order valence-corrected chi connectivity index (χ4v) is 3.11. The van der Waals surface area contributed by atoms with E-state index in [2.05, 4.69) is 59.5 Å². The van der Waals surface area contributed by atoms with Crippen molar-refractivity contribution in [1.82, 2.24) is 14.8 Å². The molecule has 39 heavy (non-hydrogen) atoms. The maximum absolute atomic E-state index is 9.10. The van der Waals surface area contributed by atoms with E-state index in [1.807, 2.05) is 12.3 Å². The fraction of sp³-hybridized carbons (Fsp3) is 0.522. The van der Waals surface area contributed by atoms with E-state index in [1.54, 1.807) is 0 Å². The summed E-state index contributed by atoms with van der Waals surface area (Å²) in [5.74, 6) is -9.83. The number of anilines is 1. The van der Waals surface area contributed by atoms with Gasteiger partial charge in [-0.15, -0.1) is 0 Å². The molecule has 1 aromatic heterocycles. The number of carboxylic acid groups (broad SMARTS) is 6. The van der Waals surface area contributed by atoms with E-state index in [1.165, 1.54) is 13.1 Å². The van der Waals surface area contributed by atoms with Crippen molar-refractivity contribution in [2.75, 3.05) is 44.2 Å². The van der Waals surface area contributed by atoms with Gasteiger partial charge in [0.2, 0.25) is 0 Å². The van der Waals surface area contributed by atoms with Gasteiger partial charge in [0.1, 0.15) is 5.82 Å². The molecule has 0 amide bonds. The number of piperazine rings is 1. The molecule has 6 N–H and O–H groups in total. The molecule has 220 valence electrons. The Balaban J connectivity index is 0. The zero-order valence-corrected chi connectivity index (χ0v) is 22.1. The Morgan fingerprint density at radius 3 is 1.38 bits per heavy atom. The molecule has 0 saturated carbocycles. The molecule has 2 heterocycles. The maximum Gasteiger partial charge on any atom is 0.414 e. The lowest BCUT2D eigenvalue weighted by molar-refractivity contribution is -0.159. The van der Waals surface area contributed by atoms with Crippen molar-refractivity contribution in [2.24, 2.45) is 0 Å². The summed E-state index contributed by atoms with van der Waals surface area (Å²) in [6.07, 6.45) is 1.88. The first-order valence-corrected chi connectivity index (χ1v) is 11.5. The van der Waals surface area contributed by atoms with Crippen LogP contribution in [0.5, 0.6) is 0 Å². The number of carboxylic acids is 6. The minimum Gasteiger partial charge on any atom is -0.473 e. The number of aliphatic carboxylic acids is 6. The van der Waals surface area contributed by atoms with E-state index >= 15 is 0 Å². The Kier molecular flexibility index (Phi) is 18.7. The van der Waals surface area contributed by atoms with Crippen molar-refractivity contribution >= 4 is 41.6 Å². The summed E-state index contributed by atoms with van der Waals surface area (Å²) in [5, 5.41) is 44.3. The lowest BCUT2D eigenvalue weighted by Crippen LogP contribution is -2.50. The highest BCUT2D eigenvalue weighted by Crippen LogP contribution is 2.13. The van der Waals surface area contributed by atoms with Crippen molar-refractivity contribution in [1.29, 1.82) is 0 Å². The lowest BCUT2D eigenvalue weighted by atomic mass is 10.2. The van der Waals surface area contributed by atoms with Crippen LogP contribution < -0.4 is 4.90 Å². The summed E-state index contributed by atoms with van der Waals surface area (Å²) in [7, 11) is 0. The van der Waals surface area contributed by atoms with Gasteiger partial charge in [0.05, 0.1) is 0 Å². The molecule has 0 aliphatic carbocycles. The van der Waals surface area contributed by atoms with Crippen LogP contribution in [0.3, 0.4) is 0 Å². The van der Waals surface area contributed by atoms with E-state index in [0.717, 1.165) is 32.0 Å². The largest absolute Gasteiger partial charge is 0.473 e. The normalized spacial score (nSPS) is 12.6. The number of hydrogen-bond acceptors (Lipinski definition) is 10. The van der Waals surface area contributed by atoms with E-state index in [-0.39, 0.29) is 0 Å². The predicted octanol–water partition coefficient (Wildman–Crippen LogP) is -0.211. The van der Waals surface area contributed by atoms with Crippen molar-refractivity contribution in [3.63, 3.8) is 0 Å². The Morgan fingerprint density at radius 2 is 1.10 bits per heavy atom. The number of aromatic nitrogens is 1. The number of carbonyl (C=O) groups is 6. The first-order valence-electron chi connectivity index (χ1n) is 11.5. The third-order valence-electron chi connectivity index (χ3n) is 4.90. The Bertz CT molecular complexity index is 831. The maximum atomic E-state index is 9.10. The number of hydrogen-bond donors (Lipinski definition) is 6. The quantitative estimate of drug-likeness (QED) is 0.246. The minimum absolute atomic E-state index is 0.625. The molecular weight excluding hydrogens is 524 g/mol. The molecule has 1 aliphatic heterocycles. The standard InChI is InChI=1S/C17H30N4.3C2H2O4/c1-15(2)21(16(3)4)14-11-19-9-12-20(13-10-19)17-7-5-6-8-18-17;3*3-1(4)2(5)6/h5-8,15-16H,9-14H2,1-4H3;3*(H,3,4)(H,5,6). The molecule has 16 heteroatoms. The highest BCUT2D eigenvalue weighted by molar-refractivity contribution is 6.28. The SMILES string of the molecule is CC(C)N(CCN1CCN(c2ccccn2)CC1)C(C)C.O=C(O)C(=O)O.O=C(O)C(=O)O.O=C(O)C(=O)O. The van der Waals surface area contributed by atoms with Crippen molar-refractivity contribution in [3.8, 4) is 0 Å². The van der Waals surface area contributed by atoms with E-state index in [0.29, 0.717) is 12.1 Å². The van der Waals surface area contributed by atoms with Crippen LogP contribution in [0, 0.1) is 0 Å². The van der Waals surface area contributed by atoms with Gasteiger partial charge >= 0.3 is 35.8 Å². The zero-order chi connectivity index (χ0) is 30.7. The smallest absolute Gasteiger partial charge is 0.414 e. The Labute approximate surface area is 224 Å². The summed E-state index contributed by atoms with van der Waals surface area (Å²) in [6.45, 7) is 15.9. The molecule has 0 unspecified atom stereocenters. The summed E-state index contributed by atoms with van der Waals surface area (Å²) in [6, 6.07) is 7.40. The molecule has 1 aromatic rings. The third-order valence-corrected chi connectivity index (χ3v) is 4.90. The average molecular weight is 561 g/mol. The summed E-state index contributed by atoms with van der Waals surface area (Å²) < 4.78 is 0. The van der Waals surface area contributed by atoms with Crippen LogP contribution in [0.15, 0.2) is 24.4 Å². The van der Waals surface area contributed by atoms with Gasteiger partial charge in [-0.2, -0.15) is 0 Å². The molecule has 1 saturated heterocycles. The van der Waals surface area contributed by atoms with Crippen molar-refractivity contribution < 1.29 is 59.4 Å². The Hall–Kier alpha value is -4.31. The summed E-state index contributed by atoms with van der Waals surface area (Å²) in [5.41, 5.74) is 0. The topological polar surface area (TPSA) is 246 Å². The third kappa shape index (κ3) is 18.6. The molecule has 16 nitrogen and oxygen atoms in total. The minimum atomic E-state index is -1.82. The molecule has 0 aromatic carbocycles. The molecule has 2 rings (SSSR count). The fourth-order valence-electron chi connectivity index (χ4n) is 3.11. The lowest BCUT2D eigenvalue weighted by Gasteiger charge is -2.38. The molecule has 1 fully saturated rings. The molecule has 1 aliphatic rings. The zero-order valence-electron chi connectivity index (χ0n) is 22.1. The van der Waals surface area contributed by atoms with E-state index in [4.69, 9.17) is 59.4 Å². The summed E-state index contributed by atoms with van der Waals surface area (Å²) in [4.78, 5) is 66.6. The number of pyridine rings is 1. The van der Waals surface area contributed by atoms with Crippen molar-refractivity contribution in [2.45, 2.75) is 39.8 Å². The Morgan fingerprint density at radius 1 is 0.718 bits per heavy atom. The molecule has 0 spiro atoms. The second kappa shape index (κ2) is 19.8. The second-order valence-electron chi connectivity index (χ2n) is 8.27. The van der Waals surface area contributed by atoms with Crippen molar-refractivity contribution in [3.05, 3.63) is 24.4 Å². The van der Waals surface area contributed by atoms with Crippen LogP contribution in [0.1, 0.15) is 27.7 Å². The van der Waals surface area contributed by atoms with Crippen LogP contribution in [0.4, 0.5) is 5.82 Å². The average Bonchev–Trinajstić information content (AvgIpc) is 2.85. The van der Waals surface area contributed by atoms with E-state index in [9.17, 15) is 0 Å². The number of nitrogens with zero attached hydrogens (tertiary/aromatic N) is 4. The second-order valence-corrected chi connectivity index (χ2v) is 8.27. The number of rotatable bonds is 6. The molecular formula is C23H36N4O12. The van der Waals surface area contributed by atoms with Gasteiger partial charge in [-0.05, 0) is 39.8 Å². The van der Waals surface area contributed by atoms with Crippen LogP contribution in [-0.4, -0.2) is 133 Å². The first-order chi connectivity index (χ1) is 18.0. The van der Waals surface area contributed by atoms with Gasteiger partial charge < -0.3 is 35.5 Å². The van der Waals surface area contributed by atoms with Gasteiger partial charge in [-0.25, -0.2) is 33.8 Å². The van der Waals surface area contributed by atoms with Gasteiger partial charge in [-0.1, -0.05) is 6.07 Å². The van der Waals surface area contributed by atoms with Crippen LogP contribution in [0.25, 0.3) is 0 Å². The van der Waals surface area contributed by atoms with Gasteiger partial charge in [-0.3, -0.25) is 9.80 Å². The summed E-state index contributed by atoms with van der Waals surface area (Å²) >= 11 is 0.